The average molecular weight is 943 g/mol. The van der Waals surface area contributed by atoms with Crippen LogP contribution in [-0.2, 0) is 6.54 Å². The van der Waals surface area contributed by atoms with Crippen molar-refractivity contribution in [1.29, 1.82) is 0 Å². The number of hydrogen-bond acceptors (Lipinski definition) is 3. The van der Waals surface area contributed by atoms with Crippen molar-refractivity contribution in [2.45, 2.75) is 6.54 Å². The topological polar surface area (TPSA) is 43.1 Å². The van der Waals surface area contributed by atoms with Crippen molar-refractivity contribution < 1.29 is 102 Å². The molecule has 1 heterocycles. The Morgan fingerprint density at radius 3 is 1.05 bits per heavy atom. The van der Waals surface area contributed by atoms with Gasteiger partial charge < -0.3 is 4.74 Å². The van der Waals surface area contributed by atoms with Gasteiger partial charge in [-0.3, -0.25) is 4.79 Å². The highest BCUT2D eigenvalue weighted by Crippen LogP contribution is 2.30. The van der Waals surface area contributed by atoms with Crippen LogP contribution in [-0.4, -0.2) is 23.0 Å². The summed E-state index contributed by atoms with van der Waals surface area (Å²) in [5, 5.41) is 0. The van der Waals surface area contributed by atoms with Crippen molar-refractivity contribution in [1.82, 2.24) is 4.98 Å². The number of alkyl halides is 1. The minimum Gasteiger partial charge on any atom is -0.427 e. The molecule has 0 spiro atoms. The number of halogens is 21. The van der Waals surface area contributed by atoms with Gasteiger partial charge in [0.25, 0.3) is 0 Å². The molecule has 0 saturated heterocycles. The molecule has 0 bridgehead atoms. The summed E-state index contributed by atoms with van der Waals surface area (Å²) in [5.41, 5.74) is -13.7. The van der Waals surface area contributed by atoms with Gasteiger partial charge in [0.1, 0.15) is 58.9 Å². The van der Waals surface area contributed by atoms with Gasteiger partial charge >= 0.3 is 5.88 Å². The summed E-state index contributed by atoms with van der Waals surface area (Å²) in [6.45, 7) is 0.193. The second-order valence-corrected chi connectivity index (χ2v) is 12.6. The Labute approximate surface area is 341 Å². The molecule has 0 aliphatic rings. The number of nitrogens with zero attached hydrogens (tertiary/aromatic N) is 2. The molecule has 1 aromatic heterocycles. The lowest BCUT2D eigenvalue weighted by Gasteiger charge is -2.44. The molecule has 6 rings (SSSR count). The third kappa shape index (κ3) is 7.75. The molecule has 5 aromatic carbocycles. The van der Waals surface area contributed by atoms with Crippen LogP contribution in [0.5, 0.6) is 5.88 Å². The number of hydrogen-bond donors (Lipinski definition) is 0. The Hall–Kier alpha value is -6.40. The molecule has 26 heteroatoms. The second kappa shape index (κ2) is 18.1. The first-order valence-corrected chi connectivity index (χ1v) is 16.9. The predicted molar refractivity (Wildman–Crippen MR) is 176 cm³/mol. The van der Waals surface area contributed by atoms with E-state index in [-0.39, 0.29) is 18.4 Å². The Balaban J connectivity index is 0.000000345. The van der Waals surface area contributed by atoms with Crippen molar-refractivity contribution in [3.8, 4) is 5.88 Å². The molecule has 0 saturated carbocycles. The maximum absolute atomic E-state index is 15.4. The third-order valence-corrected chi connectivity index (χ3v) is 9.23. The molecule has 6 aromatic rings. The van der Waals surface area contributed by atoms with Gasteiger partial charge in [-0.1, -0.05) is 41.9 Å². The Bertz CT molecular complexity index is 2440. The van der Waals surface area contributed by atoms with Crippen molar-refractivity contribution in [2.24, 2.45) is 0 Å². The number of aromatic nitrogens is 2. The number of ether oxygens (including phenoxy) is 1. The van der Waals surface area contributed by atoms with Crippen LogP contribution < -0.4 is 31.2 Å². The molecular weight excluding hydrogens is 931 g/mol. The summed E-state index contributed by atoms with van der Waals surface area (Å²) in [6, 6.07) is 9.13. The fourth-order valence-electron chi connectivity index (χ4n) is 6.42. The predicted octanol–water partition coefficient (Wildman–Crippen LogP) is 7.67. The van der Waals surface area contributed by atoms with E-state index in [1.165, 1.54) is 6.20 Å². The standard InChI is InChI=1S/C24BF20.C13H12ClN2O2/c26-5-1(6(27)14(35)21(42)13(5)34)25(2-7(28)15(36)22(43)16(37)8(2)29,3-9(30)17(38)23(44)18(39)10(3)31)4-11(32)19(40)24(45)20(41)12(4)33;14-10-18-13-8-15-6-7-16(13)9-12(17)11-4-2-1-3-5-11/h;1-8H,9-10H2/q-1;+1. The average Bonchev–Trinajstić information content (AvgIpc) is 3.27. The molecule has 63 heavy (non-hydrogen) atoms. The van der Waals surface area contributed by atoms with Gasteiger partial charge in [0.15, 0.2) is 82.1 Å². The van der Waals surface area contributed by atoms with Gasteiger partial charge in [-0.15, -0.1) is 21.9 Å². The van der Waals surface area contributed by atoms with E-state index in [0.29, 0.717) is 11.4 Å². The molecule has 0 N–H and O–H groups in total. The normalized spacial score (nSPS) is 11.4. The summed E-state index contributed by atoms with van der Waals surface area (Å²) in [4.78, 5) is 16.0. The SMILES string of the molecule is Fc1c(F)c(F)c([B-](c2c(F)c(F)c(F)c(F)c2F)(c2c(F)c(F)c(F)c(F)c2F)c2c(F)c(F)c(F)c(F)c2F)c(F)c1F.O=C(C[n+]1ccncc1OCCl)c1ccccc1. The van der Waals surface area contributed by atoms with E-state index in [2.05, 4.69) is 4.98 Å². The molecule has 0 atom stereocenters. The largest absolute Gasteiger partial charge is 0.427 e. The highest BCUT2D eigenvalue weighted by Gasteiger charge is 2.52. The maximum atomic E-state index is 15.4. The smallest absolute Gasteiger partial charge is 0.388 e. The lowest BCUT2D eigenvalue weighted by atomic mass is 9.12. The minimum atomic E-state index is -7.22. The quantitative estimate of drug-likeness (QED) is 0.0285. The number of ketones is 1. The first-order chi connectivity index (χ1) is 29.5. The van der Waals surface area contributed by atoms with E-state index in [1.54, 1.807) is 29.1 Å². The van der Waals surface area contributed by atoms with Crippen LogP contribution >= 0.6 is 11.6 Å². The zero-order valence-electron chi connectivity index (χ0n) is 29.8. The summed E-state index contributed by atoms with van der Waals surface area (Å²) in [5.74, 6) is -70.9. The molecule has 0 aliphatic heterocycles. The summed E-state index contributed by atoms with van der Waals surface area (Å²) >= 11 is 5.51. The molecule has 4 nitrogen and oxygen atoms in total. The Morgan fingerprint density at radius 1 is 0.476 bits per heavy atom. The van der Waals surface area contributed by atoms with Crippen LogP contribution in [0.2, 0.25) is 0 Å². The fraction of sp³-hybridized carbons (Fsp3) is 0.0541. The highest BCUT2D eigenvalue weighted by molar-refractivity contribution is 7.20. The van der Waals surface area contributed by atoms with Crippen molar-refractivity contribution in [3.63, 3.8) is 0 Å². The van der Waals surface area contributed by atoms with Crippen molar-refractivity contribution >= 4 is 45.4 Å². The molecule has 332 valence electrons. The summed E-state index contributed by atoms with van der Waals surface area (Å²) < 4.78 is 301. The molecule has 0 fully saturated rings. The second-order valence-electron chi connectivity index (χ2n) is 12.4. The summed E-state index contributed by atoms with van der Waals surface area (Å²) in [6.07, 6.45) is -2.41. The Kier molecular flexibility index (Phi) is 13.7. The van der Waals surface area contributed by atoms with Crippen molar-refractivity contribution in [3.05, 3.63) is 171 Å². The van der Waals surface area contributed by atoms with Gasteiger partial charge in [0, 0.05) is 5.56 Å². The van der Waals surface area contributed by atoms with Crippen molar-refractivity contribution in [2.75, 3.05) is 6.07 Å². The van der Waals surface area contributed by atoms with Gasteiger partial charge in [-0.25, -0.2) is 92.8 Å². The number of benzene rings is 5. The molecule has 0 radical (unpaired) electrons. The van der Waals surface area contributed by atoms with Crippen LogP contribution in [0, 0.1) is 116 Å². The van der Waals surface area contributed by atoms with Crippen LogP contribution in [0.4, 0.5) is 87.8 Å². The molecular formula is C37H12BClF20N2O2. The first kappa shape index (κ1) is 47.7. The van der Waals surface area contributed by atoms with Gasteiger partial charge in [-0.05, 0) is 0 Å². The van der Waals surface area contributed by atoms with Gasteiger partial charge in [0.2, 0.25) is 12.3 Å². The van der Waals surface area contributed by atoms with E-state index >= 15 is 35.1 Å². The fourth-order valence-corrected chi connectivity index (χ4v) is 6.54. The third-order valence-electron chi connectivity index (χ3n) is 9.12. The number of Topliss-reactive ketones (excluding diaryl/α,β-unsaturated/α-hetero) is 1. The lowest BCUT2D eigenvalue weighted by Crippen LogP contribution is -2.81. The molecule has 0 amide bonds. The summed E-state index contributed by atoms with van der Waals surface area (Å²) in [7, 11) is 0. The lowest BCUT2D eigenvalue weighted by molar-refractivity contribution is -0.688. The van der Waals surface area contributed by atoms with Crippen LogP contribution in [0.1, 0.15) is 10.4 Å². The molecule has 0 aliphatic carbocycles. The zero-order valence-corrected chi connectivity index (χ0v) is 30.5. The van der Waals surface area contributed by atoms with E-state index < -0.39 is 144 Å². The first-order valence-electron chi connectivity index (χ1n) is 16.3. The van der Waals surface area contributed by atoms with E-state index in [9.17, 15) is 57.5 Å². The van der Waals surface area contributed by atoms with E-state index in [4.69, 9.17) is 16.3 Å². The highest BCUT2D eigenvalue weighted by atomic mass is 35.5. The maximum Gasteiger partial charge on any atom is 0.388 e. The van der Waals surface area contributed by atoms with Crippen LogP contribution in [0.25, 0.3) is 0 Å². The minimum absolute atomic E-state index is 0.00576. The number of rotatable bonds is 9. The van der Waals surface area contributed by atoms with Gasteiger partial charge in [0.05, 0.1) is 6.20 Å². The van der Waals surface area contributed by atoms with Gasteiger partial charge in [-0.2, -0.15) is 4.57 Å². The zero-order chi connectivity index (χ0) is 47.2. The Morgan fingerprint density at radius 2 is 0.762 bits per heavy atom. The number of carbonyl (C=O) groups excluding carboxylic acids is 1. The monoisotopic (exact) mass is 942 g/mol. The van der Waals surface area contributed by atoms with E-state index in [0.717, 1.165) is 0 Å². The van der Waals surface area contributed by atoms with Crippen LogP contribution in [0.3, 0.4) is 0 Å². The van der Waals surface area contributed by atoms with E-state index in [1.807, 2.05) is 18.2 Å². The number of carbonyl (C=O) groups is 1. The molecule has 0 unspecified atom stereocenters. The van der Waals surface area contributed by atoms with Crippen LogP contribution in [0.15, 0.2) is 48.9 Å².